The van der Waals surface area contributed by atoms with Gasteiger partial charge in [-0.15, -0.1) is 0 Å². The first kappa shape index (κ1) is 13.1. The van der Waals surface area contributed by atoms with Gasteiger partial charge < -0.3 is 10.5 Å². The number of halogens is 2. The quantitative estimate of drug-likeness (QED) is 0.912. The first-order valence-corrected chi connectivity index (χ1v) is 6.34. The fraction of sp³-hybridized carbons (Fsp3) is 0.143. The Kier molecular flexibility index (Phi) is 3.99. The molecule has 2 N–H and O–H groups in total. The Hall–Kier alpha value is -1.39. The highest BCUT2D eigenvalue weighted by atomic mass is 79.9. The third kappa shape index (κ3) is 3.09. The molecule has 18 heavy (non-hydrogen) atoms. The molecule has 0 amide bonds. The number of hydrogen-bond acceptors (Lipinski definition) is 2. The Labute approximate surface area is 114 Å². The smallest absolute Gasteiger partial charge is 0.141 e. The summed E-state index contributed by atoms with van der Waals surface area (Å²) < 4.78 is 19.4. The van der Waals surface area contributed by atoms with Gasteiger partial charge >= 0.3 is 0 Å². The second kappa shape index (κ2) is 5.50. The third-order valence-electron chi connectivity index (χ3n) is 2.51. The van der Waals surface area contributed by atoms with Crippen molar-refractivity contribution in [1.29, 1.82) is 0 Å². The van der Waals surface area contributed by atoms with Crippen LogP contribution in [-0.4, -0.2) is 0 Å². The van der Waals surface area contributed by atoms with Gasteiger partial charge in [-0.05, 0) is 52.7 Å². The Morgan fingerprint density at radius 3 is 2.61 bits per heavy atom. The predicted octanol–water partition coefficient (Wildman–Crippen LogP) is 4.40. The Balaban J connectivity index is 2.24. The molecule has 0 aliphatic rings. The minimum atomic E-state index is -0.323. The molecule has 0 aliphatic heterocycles. The molecule has 0 bridgehead atoms. The first-order valence-electron chi connectivity index (χ1n) is 5.54. The maximum absolute atomic E-state index is 13.0. The highest BCUT2D eigenvalue weighted by Crippen LogP contribution is 2.31. The van der Waals surface area contributed by atoms with E-state index in [1.54, 1.807) is 12.1 Å². The van der Waals surface area contributed by atoms with Gasteiger partial charge in [0.05, 0.1) is 4.47 Å². The molecule has 2 aromatic rings. The summed E-state index contributed by atoms with van der Waals surface area (Å²) >= 11 is 3.42. The Morgan fingerprint density at radius 1 is 1.22 bits per heavy atom. The maximum atomic E-state index is 13.0. The van der Waals surface area contributed by atoms with Gasteiger partial charge in [-0.25, -0.2) is 4.39 Å². The number of ether oxygens (including phenoxy) is 1. The van der Waals surface area contributed by atoms with Gasteiger partial charge in [0.2, 0.25) is 0 Å². The molecule has 4 heteroatoms. The lowest BCUT2D eigenvalue weighted by molar-refractivity contribution is 0.473. The number of benzene rings is 2. The zero-order chi connectivity index (χ0) is 13.1. The Bertz CT molecular complexity index is 557. The average Bonchev–Trinajstić information content (AvgIpc) is 2.31. The molecule has 1 atom stereocenters. The van der Waals surface area contributed by atoms with E-state index in [0.717, 1.165) is 10.0 Å². The lowest BCUT2D eigenvalue weighted by atomic mass is 10.1. The topological polar surface area (TPSA) is 35.2 Å². The molecule has 2 aromatic carbocycles. The molecule has 94 valence electrons. The van der Waals surface area contributed by atoms with Crippen molar-refractivity contribution in [3.05, 3.63) is 58.3 Å². The van der Waals surface area contributed by atoms with Gasteiger partial charge in [0.15, 0.2) is 0 Å². The van der Waals surface area contributed by atoms with E-state index in [2.05, 4.69) is 15.9 Å². The van der Waals surface area contributed by atoms with E-state index in [1.807, 2.05) is 25.1 Å². The van der Waals surface area contributed by atoms with Crippen molar-refractivity contribution in [3.8, 4) is 11.5 Å². The van der Waals surface area contributed by atoms with E-state index < -0.39 is 0 Å². The van der Waals surface area contributed by atoms with Gasteiger partial charge in [-0.1, -0.05) is 12.1 Å². The average molecular weight is 310 g/mol. The summed E-state index contributed by atoms with van der Waals surface area (Å²) in [4.78, 5) is 0. The fourth-order valence-electron chi connectivity index (χ4n) is 1.54. The van der Waals surface area contributed by atoms with Crippen LogP contribution in [-0.2, 0) is 0 Å². The second-order valence-corrected chi connectivity index (χ2v) is 4.89. The van der Waals surface area contributed by atoms with Gasteiger partial charge in [-0.3, -0.25) is 0 Å². The summed E-state index contributed by atoms with van der Waals surface area (Å²) in [5.74, 6) is 0.769. The maximum Gasteiger partial charge on any atom is 0.141 e. The van der Waals surface area contributed by atoms with Crippen molar-refractivity contribution in [2.24, 2.45) is 5.73 Å². The van der Waals surface area contributed by atoms with Gasteiger partial charge in [0.1, 0.15) is 17.3 Å². The molecule has 2 rings (SSSR count). The molecular weight excluding hydrogens is 297 g/mol. The van der Waals surface area contributed by atoms with Crippen LogP contribution in [0.15, 0.2) is 46.9 Å². The fourth-order valence-corrected chi connectivity index (χ4v) is 2.02. The van der Waals surface area contributed by atoms with E-state index in [-0.39, 0.29) is 11.9 Å². The minimum absolute atomic E-state index is 0.0375. The summed E-state index contributed by atoms with van der Waals surface area (Å²) in [6.07, 6.45) is 0. The first-order chi connectivity index (χ1) is 8.56. The molecule has 0 aliphatic carbocycles. The highest BCUT2D eigenvalue weighted by molar-refractivity contribution is 9.10. The molecule has 0 unspecified atom stereocenters. The van der Waals surface area contributed by atoms with Crippen LogP contribution in [0, 0.1) is 5.82 Å². The molecule has 0 heterocycles. The highest BCUT2D eigenvalue weighted by Gasteiger charge is 2.07. The van der Waals surface area contributed by atoms with Crippen LogP contribution in [0.5, 0.6) is 11.5 Å². The van der Waals surface area contributed by atoms with Crippen molar-refractivity contribution in [1.82, 2.24) is 0 Å². The van der Waals surface area contributed by atoms with E-state index in [0.29, 0.717) is 11.5 Å². The lowest BCUT2D eigenvalue weighted by Gasteiger charge is -2.11. The van der Waals surface area contributed by atoms with E-state index in [9.17, 15) is 4.39 Å². The van der Waals surface area contributed by atoms with Gasteiger partial charge in [-0.2, -0.15) is 0 Å². The molecule has 0 saturated carbocycles. The largest absolute Gasteiger partial charge is 0.456 e. The van der Waals surface area contributed by atoms with Crippen molar-refractivity contribution in [2.75, 3.05) is 0 Å². The van der Waals surface area contributed by atoms with E-state index in [4.69, 9.17) is 10.5 Å². The standard InChI is InChI=1S/C14H13BrFNO/c1-9(17)10-5-6-14(13(15)7-10)18-12-4-2-3-11(16)8-12/h2-9H,17H2,1H3/t9-/m1/s1. The van der Waals surface area contributed by atoms with Gasteiger partial charge in [0, 0.05) is 12.1 Å². The van der Waals surface area contributed by atoms with E-state index >= 15 is 0 Å². The molecule has 0 spiro atoms. The summed E-state index contributed by atoms with van der Waals surface area (Å²) in [6, 6.07) is 11.6. The van der Waals surface area contributed by atoms with Crippen molar-refractivity contribution < 1.29 is 9.13 Å². The van der Waals surface area contributed by atoms with Crippen LogP contribution in [0.1, 0.15) is 18.5 Å². The van der Waals surface area contributed by atoms with Crippen molar-refractivity contribution in [3.63, 3.8) is 0 Å². The van der Waals surface area contributed by atoms with Crippen LogP contribution in [0.3, 0.4) is 0 Å². The Morgan fingerprint density at radius 2 is 2.00 bits per heavy atom. The summed E-state index contributed by atoms with van der Waals surface area (Å²) in [6.45, 7) is 1.91. The molecule has 0 aromatic heterocycles. The van der Waals surface area contributed by atoms with Gasteiger partial charge in [0.25, 0.3) is 0 Å². The zero-order valence-electron chi connectivity index (χ0n) is 9.86. The number of nitrogens with two attached hydrogens (primary N) is 1. The summed E-state index contributed by atoms with van der Waals surface area (Å²) in [5.41, 5.74) is 6.80. The van der Waals surface area contributed by atoms with Crippen LogP contribution in [0.25, 0.3) is 0 Å². The normalized spacial score (nSPS) is 12.2. The second-order valence-electron chi connectivity index (χ2n) is 4.04. The SMILES string of the molecule is C[C@@H](N)c1ccc(Oc2cccc(F)c2)c(Br)c1. The minimum Gasteiger partial charge on any atom is -0.456 e. The predicted molar refractivity (Wildman–Crippen MR) is 73.2 cm³/mol. The summed E-state index contributed by atoms with van der Waals surface area (Å²) in [5, 5.41) is 0. The summed E-state index contributed by atoms with van der Waals surface area (Å²) in [7, 11) is 0. The lowest BCUT2D eigenvalue weighted by Crippen LogP contribution is -2.04. The van der Waals surface area contributed by atoms with Crippen LogP contribution < -0.4 is 10.5 Å². The molecule has 2 nitrogen and oxygen atoms in total. The van der Waals surface area contributed by atoms with Crippen molar-refractivity contribution in [2.45, 2.75) is 13.0 Å². The zero-order valence-corrected chi connectivity index (χ0v) is 11.4. The number of hydrogen-bond donors (Lipinski definition) is 1. The van der Waals surface area contributed by atoms with Crippen molar-refractivity contribution >= 4 is 15.9 Å². The molecule has 0 fully saturated rings. The molecular formula is C14H13BrFNO. The monoisotopic (exact) mass is 309 g/mol. The van der Waals surface area contributed by atoms with Crippen LogP contribution in [0.2, 0.25) is 0 Å². The van der Waals surface area contributed by atoms with Crippen LogP contribution in [0.4, 0.5) is 4.39 Å². The third-order valence-corrected chi connectivity index (χ3v) is 3.13. The molecule has 0 saturated heterocycles. The number of rotatable bonds is 3. The van der Waals surface area contributed by atoms with E-state index in [1.165, 1.54) is 12.1 Å². The van der Waals surface area contributed by atoms with Crippen LogP contribution >= 0.6 is 15.9 Å². The molecule has 0 radical (unpaired) electrons.